The molecule has 0 unspecified atom stereocenters. The topological polar surface area (TPSA) is 54.5 Å². The van der Waals surface area contributed by atoms with Crippen molar-refractivity contribution in [3.05, 3.63) is 42.0 Å². The molecule has 1 aliphatic rings. The molecule has 0 spiro atoms. The van der Waals surface area contributed by atoms with Crippen LogP contribution in [0.15, 0.2) is 36.4 Å². The molecule has 1 amide bonds. The van der Waals surface area contributed by atoms with Gasteiger partial charge in [-0.25, -0.2) is 8.42 Å². The Bertz CT molecular complexity index is 633. The van der Waals surface area contributed by atoms with Crippen molar-refractivity contribution in [2.45, 2.75) is 25.5 Å². The lowest BCUT2D eigenvalue weighted by Gasteiger charge is -2.28. The smallest absolute Gasteiger partial charge is 0.238 e. The minimum atomic E-state index is -3.34. The number of sulfone groups is 1. The third kappa shape index (κ3) is 3.94. The fourth-order valence-corrected chi connectivity index (χ4v) is 3.11. The van der Waals surface area contributed by atoms with Gasteiger partial charge < -0.3 is 4.90 Å². The van der Waals surface area contributed by atoms with Crippen LogP contribution in [-0.4, -0.2) is 43.3 Å². The van der Waals surface area contributed by atoms with Gasteiger partial charge in [0.2, 0.25) is 5.91 Å². The summed E-state index contributed by atoms with van der Waals surface area (Å²) < 4.78 is 23.7. The molecule has 5 heteroatoms. The van der Waals surface area contributed by atoms with Crippen molar-refractivity contribution in [1.82, 2.24) is 4.90 Å². The molecule has 0 saturated carbocycles. The van der Waals surface area contributed by atoms with Crippen LogP contribution in [0.1, 0.15) is 25.8 Å². The fourth-order valence-electron chi connectivity index (χ4n) is 2.25. The van der Waals surface area contributed by atoms with E-state index in [1.807, 2.05) is 30.3 Å². The van der Waals surface area contributed by atoms with E-state index in [1.54, 1.807) is 18.7 Å². The van der Waals surface area contributed by atoms with Crippen molar-refractivity contribution in [2.75, 3.05) is 18.8 Å². The predicted octanol–water partition coefficient (Wildman–Crippen LogP) is 2.13. The van der Waals surface area contributed by atoms with Crippen molar-refractivity contribution in [3.63, 3.8) is 0 Å². The normalized spacial score (nSPS) is 16.0. The largest absolute Gasteiger partial charge is 0.337 e. The number of carbonyl (C=O) groups is 1. The Morgan fingerprint density at radius 1 is 1.24 bits per heavy atom. The van der Waals surface area contributed by atoms with Gasteiger partial charge in [-0.3, -0.25) is 4.79 Å². The SMILES string of the molecule is CC(C)S(=O)(=O)CC(=O)N1CCC=C(c2ccccc2)C1. The van der Waals surface area contributed by atoms with Crippen LogP contribution in [0.4, 0.5) is 0 Å². The van der Waals surface area contributed by atoms with E-state index in [2.05, 4.69) is 6.08 Å². The van der Waals surface area contributed by atoms with Crippen molar-refractivity contribution >= 4 is 21.3 Å². The highest BCUT2D eigenvalue weighted by Crippen LogP contribution is 2.21. The molecule has 0 fully saturated rings. The number of nitrogens with zero attached hydrogens (tertiary/aromatic N) is 1. The van der Waals surface area contributed by atoms with Crippen molar-refractivity contribution in [1.29, 1.82) is 0 Å². The average molecular weight is 307 g/mol. The molecule has 0 N–H and O–H groups in total. The van der Waals surface area contributed by atoms with Crippen molar-refractivity contribution in [2.24, 2.45) is 0 Å². The summed E-state index contributed by atoms with van der Waals surface area (Å²) >= 11 is 0. The van der Waals surface area contributed by atoms with Crippen LogP contribution in [0.25, 0.3) is 5.57 Å². The Morgan fingerprint density at radius 3 is 2.52 bits per heavy atom. The van der Waals surface area contributed by atoms with Gasteiger partial charge in [0.15, 0.2) is 9.84 Å². The van der Waals surface area contributed by atoms with Gasteiger partial charge in [-0.05, 0) is 31.4 Å². The van der Waals surface area contributed by atoms with E-state index >= 15 is 0 Å². The lowest BCUT2D eigenvalue weighted by Crippen LogP contribution is -2.40. The molecule has 2 rings (SSSR count). The first kappa shape index (κ1) is 15.8. The monoisotopic (exact) mass is 307 g/mol. The molecular formula is C16H21NO3S. The number of hydrogen-bond acceptors (Lipinski definition) is 3. The Hall–Kier alpha value is -1.62. The molecule has 21 heavy (non-hydrogen) atoms. The average Bonchev–Trinajstić information content (AvgIpc) is 2.47. The Labute approximate surface area is 126 Å². The first-order chi connectivity index (χ1) is 9.90. The minimum Gasteiger partial charge on any atom is -0.337 e. The zero-order valence-electron chi connectivity index (χ0n) is 12.5. The highest BCUT2D eigenvalue weighted by molar-refractivity contribution is 7.92. The van der Waals surface area contributed by atoms with E-state index in [-0.39, 0.29) is 5.91 Å². The minimum absolute atomic E-state index is 0.301. The number of rotatable bonds is 4. The molecule has 4 nitrogen and oxygen atoms in total. The van der Waals surface area contributed by atoms with Crippen LogP contribution in [0.3, 0.4) is 0 Å². The zero-order valence-corrected chi connectivity index (χ0v) is 13.3. The Morgan fingerprint density at radius 2 is 1.90 bits per heavy atom. The Kier molecular flexibility index (Phi) is 4.83. The summed E-state index contributed by atoms with van der Waals surface area (Å²) in [5.74, 6) is -0.697. The lowest BCUT2D eigenvalue weighted by atomic mass is 10.0. The molecule has 0 aromatic heterocycles. The van der Waals surface area contributed by atoms with Crippen LogP contribution in [0, 0.1) is 0 Å². The van der Waals surface area contributed by atoms with Crippen LogP contribution in [0.2, 0.25) is 0 Å². The number of amides is 1. The third-order valence-corrected chi connectivity index (χ3v) is 5.78. The van der Waals surface area contributed by atoms with E-state index in [1.165, 1.54) is 0 Å². The van der Waals surface area contributed by atoms with Gasteiger partial charge in [0.25, 0.3) is 0 Å². The standard InChI is InChI=1S/C16H21NO3S/c1-13(2)21(19,20)12-16(18)17-10-6-9-15(11-17)14-7-4-3-5-8-14/h3-5,7-9,13H,6,10-12H2,1-2H3. The third-order valence-electron chi connectivity index (χ3n) is 3.69. The van der Waals surface area contributed by atoms with Gasteiger partial charge >= 0.3 is 0 Å². The van der Waals surface area contributed by atoms with Gasteiger partial charge in [-0.2, -0.15) is 0 Å². The molecule has 0 radical (unpaired) electrons. The summed E-state index contributed by atoms with van der Waals surface area (Å²) in [5.41, 5.74) is 2.17. The highest BCUT2D eigenvalue weighted by Gasteiger charge is 2.26. The summed E-state index contributed by atoms with van der Waals surface area (Å²) in [6, 6.07) is 9.88. The van der Waals surface area contributed by atoms with Gasteiger partial charge in [-0.1, -0.05) is 36.4 Å². The van der Waals surface area contributed by atoms with E-state index < -0.39 is 20.8 Å². The summed E-state index contributed by atoms with van der Waals surface area (Å²) in [6.07, 6.45) is 2.88. The first-order valence-corrected chi connectivity index (χ1v) is 8.85. The maximum Gasteiger partial charge on any atom is 0.238 e. The van der Waals surface area contributed by atoms with Gasteiger partial charge in [0.05, 0.1) is 5.25 Å². The molecule has 114 valence electrons. The second-order valence-corrected chi connectivity index (χ2v) is 8.11. The van der Waals surface area contributed by atoms with Crippen LogP contribution in [0.5, 0.6) is 0 Å². The number of hydrogen-bond donors (Lipinski definition) is 0. The summed E-state index contributed by atoms with van der Waals surface area (Å²) in [7, 11) is -3.34. The number of carbonyl (C=O) groups excluding carboxylic acids is 1. The van der Waals surface area contributed by atoms with Crippen LogP contribution in [-0.2, 0) is 14.6 Å². The van der Waals surface area contributed by atoms with E-state index in [0.717, 1.165) is 17.6 Å². The fraction of sp³-hybridized carbons (Fsp3) is 0.438. The summed E-state index contributed by atoms with van der Waals surface area (Å²) in [4.78, 5) is 13.9. The molecule has 1 aromatic carbocycles. The predicted molar refractivity (Wildman–Crippen MR) is 84.5 cm³/mol. The second-order valence-electron chi connectivity index (χ2n) is 5.56. The number of benzene rings is 1. The van der Waals surface area contributed by atoms with Crippen molar-refractivity contribution < 1.29 is 13.2 Å². The maximum absolute atomic E-state index is 12.2. The van der Waals surface area contributed by atoms with E-state index in [4.69, 9.17) is 0 Å². The molecular weight excluding hydrogens is 286 g/mol. The molecule has 0 atom stereocenters. The van der Waals surface area contributed by atoms with E-state index in [9.17, 15) is 13.2 Å². The zero-order chi connectivity index (χ0) is 15.5. The van der Waals surface area contributed by atoms with Gasteiger partial charge in [0.1, 0.15) is 5.75 Å². The molecule has 0 aliphatic carbocycles. The molecule has 0 bridgehead atoms. The van der Waals surface area contributed by atoms with Crippen molar-refractivity contribution in [3.8, 4) is 0 Å². The van der Waals surface area contributed by atoms with E-state index in [0.29, 0.717) is 13.1 Å². The first-order valence-electron chi connectivity index (χ1n) is 7.14. The van der Waals surface area contributed by atoms with Crippen LogP contribution >= 0.6 is 0 Å². The molecule has 1 heterocycles. The highest BCUT2D eigenvalue weighted by atomic mass is 32.2. The lowest BCUT2D eigenvalue weighted by molar-refractivity contribution is -0.127. The van der Waals surface area contributed by atoms with Crippen LogP contribution < -0.4 is 0 Å². The quantitative estimate of drug-likeness (QED) is 0.856. The van der Waals surface area contributed by atoms with Gasteiger partial charge in [0, 0.05) is 13.1 Å². The molecule has 0 saturated heterocycles. The molecule has 1 aliphatic heterocycles. The molecule has 1 aromatic rings. The van der Waals surface area contributed by atoms with Gasteiger partial charge in [-0.15, -0.1) is 0 Å². The summed E-state index contributed by atoms with van der Waals surface area (Å²) in [5, 5.41) is -0.518. The maximum atomic E-state index is 12.2. The Balaban J connectivity index is 2.07. The summed E-state index contributed by atoms with van der Waals surface area (Å²) in [6.45, 7) is 4.28. The second kappa shape index (κ2) is 6.43.